The monoisotopic (exact) mass is 274 g/mol. The molecule has 0 aliphatic carbocycles. The average Bonchev–Trinajstić information content (AvgIpc) is 2.76. The molecule has 0 aliphatic heterocycles. The Morgan fingerprint density at radius 1 is 1.21 bits per heavy atom. The number of aryl methyl sites for hydroxylation is 1. The van der Waals surface area contributed by atoms with Gasteiger partial charge in [-0.15, -0.1) is 0 Å². The number of nitrogens with zero attached hydrogens (tertiary/aromatic N) is 1. The summed E-state index contributed by atoms with van der Waals surface area (Å²) in [6, 6.07) is 10.7. The molecule has 2 N–H and O–H groups in total. The van der Waals surface area contributed by atoms with Crippen LogP contribution in [-0.2, 0) is 0 Å². The summed E-state index contributed by atoms with van der Waals surface area (Å²) in [5.41, 5.74) is 7.71. The Hall–Kier alpha value is -2.20. The van der Waals surface area contributed by atoms with Crippen LogP contribution >= 0.6 is 11.6 Å². The second kappa shape index (κ2) is 4.48. The van der Waals surface area contributed by atoms with Gasteiger partial charge in [0.15, 0.2) is 5.58 Å². The van der Waals surface area contributed by atoms with Crippen LogP contribution in [0.1, 0.15) is 5.69 Å². The number of nitrogens with two attached hydrogens (primary N) is 1. The highest BCUT2D eigenvalue weighted by Crippen LogP contribution is 2.35. The van der Waals surface area contributed by atoms with Crippen LogP contribution in [0.25, 0.3) is 11.0 Å². The van der Waals surface area contributed by atoms with Gasteiger partial charge in [-0.3, -0.25) is 0 Å². The highest BCUT2D eigenvalue weighted by molar-refractivity contribution is 6.32. The number of rotatable bonds is 2. The van der Waals surface area contributed by atoms with Gasteiger partial charge in [0.05, 0.1) is 16.1 Å². The maximum Gasteiger partial charge on any atom is 0.170 e. The van der Waals surface area contributed by atoms with E-state index >= 15 is 0 Å². The van der Waals surface area contributed by atoms with Crippen LogP contribution in [0.5, 0.6) is 11.5 Å². The zero-order valence-corrected chi connectivity index (χ0v) is 10.9. The van der Waals surface area contributed by atoms with E-state index in [9.17, 15) is 0 Å². The number of ether oxygens (including phenoxy) is 1. The van der Waals surface area contributed by atoms with Crippen molar-refractivity contribution in [1.29, 1.82) is 0 Å². The Kier molecular flexibility index (Phi) is 2.80. The Balaban J connectivity index is 2.08. The first kappa shape index (κ1) is 11.9. The predicted octanol–water partition coefficient (Wildman–Crippen LogP) is 4.16. The normalized spacial score (nSPS) is 10.8. The van der Waals surface area contributed by atoms with E-state index in [1.807, 2.05) is 25.1 Å². The third-order valence-electron chi connectivity index (χ3n) is 2.81. The third-order valence-corrected chi connectivity index (χ3v) is 3.10. The maximum absolute atomic E-state index is 6.10. The molecule has 1 heterocycles. The zero-order chi connectivity index (χ0) is 13.4. The maximum atomic E-state index is 6.10. The molecular formula is C14H11ClN2O2. The number of benzene rings is 2. The molecule has 0 atom stereocenters. The van der Waals surface area contributed by atoms with Crippen molar-refractivity contribution in [3.05, 3.63) is 47.1 Å². The third kappa shape index (κ3) is 2.11. The highest BCUT2D eigenvalue weighted by atomic mass is 35.5. The van der Waals surface area contributed by atoms with Crippen molar-refractivity contribution in [3.8, 4) is 11.5 Å². The molecule has 0 amide bonds. The average molecular weight is 275 g/mol. The first-order valence-corrected chi connectivity index (χ1v) is 6.11. The molecule has 0 saturated heterocycles. The molecular weight excluding hydrogens is 264 g/mol. The predicted molar refractivity (Wildman–Crippen MR) is 74.7 cm³/mol. The molecule has 3 rings (SSSR count). The largest absolute Gasteiger partial charge is 0.455 e. The molecule has 5 heteroatoms. The molecule has 0 unspecified atom stereocenters. The number of hydrogen-bond acceptors (Lipinski definition) is 4. The topological polar surface area (TPSA) is 61.3 Å². The van der Waals surface area contributed by atoms with Gasteiger partial charge in [0.2, 0.25) is 0 Å². The van der Waals surface area contributed by atoms with Gasteiger partial charge in [0.25, 0.3) is 0 Å². The number of nitrogen functional groups attached to an aromatic ring is 1. The van der Waals surface area contributed by atoms with Crippen molar-refractivity contribution in [2.24, 2.45) is 0 Å². The molecule has 0 fully saturated rings. The van der Waals surface area contributed by atoms with Crippen molar-refractivity contribution in [2.45, 2.75) is 6.92 Å². The molecule has 0 spiro atoms. The van der Waals surface area contributed by atoms with Gasteiger partial charge in [0.1, 0.15) is 11.5 Å². The summed E-state index contributed by atoms with van der Waals surface area (Å²) < 4.78 is 11.0. The summed E-state index contributed by atoms with van der Waals surface area (Å²) >= 11 is 6.10. The van der Waals surface area contributed by atoms with Crippen LogP contribution in [0.4, 0.5) is 5.69 Å². The molecule has 2 aromatic carbocycles. The van der Waals surface area contributed by atoms with Crippen LogP contribution < -0.4 is 10.5 Å². The fourth-order valence-electron chi connectivity index (χ4n) is 1.91. The van der Waals surface area contributed by atoms with Gasteiger partial charge in [-0.25, -0.2) is 0 Å². The van der Waals surface area contributed by atoms with Gasteiger partial charge in [-0.2, -0.15) is 0 Å². The van der Waals surface area contributed by atoms with Crippen molar-refractivity contribution in [3.63, 3.8) is 0 Å². The molecule has 0 saturated carbocycles. The van der Waals surface area contributed by atoms with E-state index < -0.39 is 0 Å². The minimum Gasteiger partial charge on any atom is -0.455 e. The molecule has 4 nitrogen and oxygen atoms in total. The van der Waals surface area contributed by atoms with E-state index in [-0.39, 0.29) is 0 Å². The molecule has 0 aliphatic rings. The summed E-state index contributed by atoms with van der Waals surface area (Å²) in [6.45, 7) is 1.86. The number of hydrogen-bond donors (Lipinski definition) is 1. The van der Waals surface area contributed by atoms with Crippen molar-refractivity contribution < 1.29 is 9.26 Å². The van der Waals surface area contributed by atoms with Gasteiger partial charge in [-0.1, -0.05) is 22.8 Å². The highest BCUT2D eigenvalue weighted by Gasteiger charge is 2.12. The van der Waals surface area contributed by atoms with E-state index in [0.29, 0.717) is 27.8 Å². The van der Waals surface area contributed by atoms with Crippen LogP contribution in [0.3, 0.4) is 0 Å². The fourth-order valence-corrected chi connectivity index (χ4v) is 2.14. The van der Waals surface area contributed by atoms with E-state index in [1.165, 1.54) is 0 Å². The molecule has 3 aromatic rings. The first-order valence-electron chi connectivity index (χ1n) is 5.73. The quantitative estimate of drug-likeness (QED) is 0.713. The zero-order valence-electron chi connectivity index (χ0n) is 10.2. The van der Waals surface area contributed by atoms with Crippen molar-refractivity contribution >= 4 is 28.3 Å². The lowest BCUT2D eigenvalue weighted by molar-refractivity contribution is 0.450. The van der Waals surface area contributed by atoms with Gasteiger partial charge in [0, 0.05) is 5.69 Å². The lowest BCUT2D eigenvalue weighted by Crippen LogP contribution is -1.89. The van der Waals surface area contributed by atoms with Crippen LogP contribution in [-0.4, -0.2) is 5.16 Å². The van der Waals surface area contributed by atoms with Gasteiger partial charge < -0.3 is 15.0 Å². The second-order valence-electron chi connectivity index (χ2n) is 4.19. The Bertz CT molecular complexity index is 752. The van der Waals surface area contributed by atoms with E-state index in [0.717, 1.165) is 11.1 Å². The van der Waals surface area contributed by atoms with E-state index in [2.05, 4.69) is 5.16 Å². The number of halogens is 1. The lowest BCUT2D eigenvalue weighted by atomic mass is 10.2. The number of anilines is 1. The number of fused-ring (bicyclic) bond motifs is 1. The fraction of sp³-hybridized carbons (Fsp3) is 0.0714. The van der Waals surface area contributed by atoms with Gasteiger partial charge >= 0.3 is 0 Å². The van der Waals surface area contributed by atoms with Crippen LogP contribution in [0.2, 0.25) is 5.02 Å². The molecule has 0 radical (unpaired) electrons. The smallest absolute Gasteiger partial charge is 0.170 e. The molecule has 96 valence electrons. The minimum atomic E-state index is 0.464. The van der Waals surface area contributed by atoms with Crippen molar-refractivity contribution in [1.82, 2.24) is 5.16 Å². The van der Waals surface area contributed by atoms with Crippen LogP contribution in [0.15, 0.2) is 40.9 Å². The lowest BCUT2D eigenvalue weighted by Gasteiger charge is -2.08. The Morgan fingerprint density at radius 3 is 2.84 bits per heavy atom. The van der Waals surface area contributed by atoms with Gasteiger partial charge in [-0.05, 0) is 37.3 Å². The summed E-state index contributed by atoms with van der Waals surface area (Å²) in [5, 5.41) is 5.23. The first-order chi connectivity index (χ1) is 9.15. The summed E-state index contributed by atoms with van der Waals surface area (Å²) in [6.07, 6.45) is 0. The molecule has 1 aromatic heterocycles. The summed E-state index contributed by atoms with van der Waals surface area (Å²) in [7, 11) is 0. The second-order valence-corrected chi connectivity index (χ2v) is 4.60. The molecule has 19 heavy (non-hydrogen) atoms. The summed E-state index contributed by atoms with van der Waals surface area (Å²) in [5.74, 6) is 1.20. The minimum absolute atomic E-state index is 0.464. The Labute approximate surface area is 114 Å². The van der Waals surface area contributed by atoms with E-state index in [1.54, 1.807) is 18.2 Å². The summed E-state index contributed by atoms with van der Waals surface area (Å²) in [4.78, 5) is 0. The standard InChI is InChI=1S/C14H11ClN2O2/c1-8-14-12(3-2-4-13(14)19-17-8)18-11-6-5-9(16)7-10(11)15/h2-7H,16H2,1H3. The SMILES string of the molecule is Cc1noc2cccc(Oc3ccc(N)cc3Cl)c12. The van der Waals surface area contributed by atoms with Crippen molar-refractivity contribution in [2.75, 3.05) is 5.73 Å². The van der Waals surface area contributed by atoms with E-state index in [4.69, 9.17) is 26.6 Å². The number of aromatic nitrogens is 1. The van der Waals surface area contributed by atoms with Crippen LogP contribution in [0, 0.1) is 6.92 Å². The molecule has 0 bridgehead atoms. The Morgan fingerprint density at radius 2 is 2.05 bits per heavy atom.